The van der Waals surface area contributed by atoms with Crippen LogP contribution in [0.25, 0.3) is 0 Å². The number of ketones is 1. The van der Waals surface area contributed by atoms with Crippen molar-refractivity contribution >= 4 is 21.7 Å². The summed E-state index contributed by atoms with van der Waals surface area (Å²) in [6.07, 6.45) is 0. The van der Waals surface area contributed by atoms with Gasteiger partial charge in [-0.3, -0.25) is 4.79 Å². The molecule has 1 aliphatic rings. The highest BCUT2D eigenvalue weighted by Gasteiger charge is 2.20. The quantitative estimate of drug-likeness (QED) is 0.770. The van der Waals surface area contributed by atoms with E-state index in [4.69, 9.17) is 9.47 Å². The van der Waals surface area contributed by atoms with Crippen LogP contribution in [0.1, 0.15) is 21.5 Å². The Hall–Kier alpha value is -1.88. The van der Waals surface area contributed by atoms with Crippen molar-refractivity contribution in [2.75, 3.05) is 13.2 Å². The number of carbonyl (C=O) groups excluding carboxylic acids is 1. The summed E-state index contributed by atoms with van der Waals surface area (Å²) < 4.78 is 25.0. The van der Waals surface area contributed by atoms with Crippen LogP contribution < -0.4 is 9.47 Å². The summed E-state index contributed by atoms with van der Waals surface area (Å²) in [5, 5.41) is 0. The van der Waals surface area contributed by atoms with Gasteiger partial charge in [0.2, 0.25) is 0 Å². The van der Waals surface area contributed by atoms with Gasteiger partial charge < -0.3 is 9.47 Å². The Morgan fingerprint density at radius 2 is 1.76 bits per heavy atom. The van der Waals surface area contributed by atoms with Gasteiger partial charge in [-0.05, 0) is 58.7 Å². The molecular weight excluding hydrogens is 339 g/mol. The SMILES string of the molecule is Cc1cc(F)cc(C(=O)c2cc3c(cc2Br)OCCO3)c1. The molecule has 3 rings (SSSR count). The fraction of sp³-hybridized carbons (Fsp3) is 0.188. The summed E-state index contributed by atoms with van der Waals surface area (Å²) in [4.78, 5) is 12.6. The molecule has 0 saturated heterocycles. The zero-order valence-electron chi connectivity index (χ0n) is 11.3. The molecule has 21 heavy (non-hydrogen) atoms. The van der Waals surface area contributed by atoms with Crippen molar-refractivity contribution in [1.82, 2.24) is 0 Å². The smallest absolute Gasteiger partial charge is 0.194 e. The van der Waals surface area contributed by atoms with Gasteiger partial charge in [0.1, 0.15) is 19.0 Å². The van der Waals surface area contributed by atoms with Gasteiger partial charge in [0.15, 0.2) is 17.3 Å². The number of hydrogen-bond acceptors (Lipinski definition) is 3. The number of rotatable bonds is 2. The summed E-state index contributed by atoms with van der Waals surface area (Å²) >= 11 is 3.36. The first-order valence-electron chi connectivity index (χ1n) is 6.45. The number of ether oxygens (including phenoxy) is 2. The molecule has 0 radical (unpaired) electrons. The van der Waals surface area contributed by atoms with Gasteiger partial charge >= 0.3 is 0 Å². The Morgan fingerprint density at radius 3 is 2.43 bits per heavy atom. The largest absolute Gasteiger partial charge is 0.486 e. The summed E-state index contributed by atoms with van der Waals surface area (Å²) in [5.74, 6) is 0.439. The van der Waals surface area contributed by atoms with Gasteiger partial charge in [0, 0.05) is 15.6 Å². The van der Waals surface area contributed by atoms with Crippen molar-refractivity contribution in [3.63, 3.8) is 0 Å². The molecule has 5 heteroatoms. The average molecular weight is 351 g/mol. The van der Waals surface area contributed by atoms with E-state index in [-0.39, 0.29) is 5.78 Å². The van der Waals surface area contributed by atoms with E-state index in [9.17, 15) is 9.18 Å². The van der Waals surface area contributed by atoms with Gasteiger partial charge in [-0.25, -0.2) is 4.39 Å². The molecule has 0 amide bonds. The fourth-order valence-corrected chi connectivity index (χ4v) is 2.76. The fourth-order valence-electron chi connectivity index (χ4n) is 2.26. The molecule has 2 aromatic carbocycles. The molecule has 1 heterocycles. The normalized spacial score (nSPS) is 13.1. The molecule has 2 aromatic rings. The molecule has 0 aromatic heterocycles. The molecule has 0 aliphatic carbocycles. The van der Waals surface area contributed by atoms with E-state index in [1.807, 2.05) is 0 Å². The van der Waals surface area contributed by atoms with Gasteiger partial charge in [0.25, 0.3) is 0 Å². The highest BCUT2D eigenvalue weighted by Crippen LogP contribution is 2.36. The Morgan fingerprint density at radius 1 is 1.10 bits per heavy atom. The van der Waals surface area contributed by atoms with Crippen LogP contribution in [0, 0.1) is 12.7 Å². The standard InChI is InChI=1S/C16H12BrFO3/c1-9-4-10(6-11(18)5-9)16(19)12-7-14-15(8-13(12)17)21-3-2-20-14/h4-8H,2-3H2,1H3. The number of hydrogen-bond donors (Lipinski definition) is 0. The predicted octanol–water partition coefficient (Wildman–Crippen LogP) is 3.90. The predicted molar refractivity (Wildman–Crippen MR) is 79.7 cm³/mol. The number of aryl methyl sites for hydroxylation is 1. The zero-order valence-corrected chi connectivity index (χ0v) is 12.9. The van der Waals surface area contributed by atoms with Gasteiger partial charge in [-0.15, -0.1) is 0 Å². The van der Waals surface area contributed by atoms with E-state index in [0.717, 1.165) is 0 Å². The van der Waals surface area contributed by atoms with Crippen LogP contribution >= 0.6 is 15.9 Å². The van der Waals surface area contributed by atoms with Crippen molar-refractivity contribution in [3.05, 3.63) is 57.3 Å². The van der Waals surface area contributed by atoms with Crippen LogP contribution in [0.4, 0.5) is 4.39 Å². The highest BCUT2D eigenvalue weighted by atomic mass is 79.9. The third kappa shape index (κ3) is 2.78. The summed E-state index contributed by atoms with van der Waals surface area (Å²) in [6, 6.07) is 7.61. The summed E-state index contributed by atoms with van der Waals surface area (Å²) in [7, 11) is 0. The highest BCUT2D eigenvalue weighted by molar-refractivity contribution is 9.10. The van der Waals surface area contributed by atoms with E-state index in [1.165, 1.54) is 12.1 Å². The maximum atomic E-state index is 13.5. The van der Waals surface area contributed by atoms with Crippen LogP contribution in [0.3, 0.4) is 0 Å². The van der Waals surface area contributed by atoms with Gasteiger partial charge in [-0.2, -0.15) is 0 Å². The van der Waals surface area contributed by atoms with E-state index >= 15 is 0 Å². The first-order valence-corrected chi connectivity index (χ1v) is 7.25. The molecule has 0 bridgehead atoms. The minimum absolute atomic E-state index is 0.263. The second-order valence-electron chi connectivity index (χ2n) is 4.82. The van der Waals surface area contributed by atoms with Crippen molar-refractivity contribution in [2.24, 2.45) is 0 Å². The van der Waals surface area contributed by atoms with Crippen LogP contribution in [0.5, 0.6) is 11.5 Å². The Balaban J connectivity index is 2.05. The summed E-state index contributed by atoms with van der Waals surface area (Å²) in [5.41, 5.74) is 1.43. The Labute approximate surface area is 129 Å². The Kier molecular flexibility index (Phi) is 3.68. The molecule has 3 nitrogen and oxygen atoms in total. The third-order valence-corrected chi connectivity index (χ3v) is 3.84. The second-order valence-corrected chi connectivity index (χ2v) is 5.68. The van der Waals surface area contributed by atoms with E-state index < -0.39 is 5.82 Å². The molecule has 0 unspecified atom stereocenters. The maximum Gasteiger partial charge on any atom is 0.194 e. The van der Waals surface area contributed by atoms with E-state index in [0.29, 0.717) is 45.9 Å². The van der Waals surface area contributed by atoms with Crippen LogP contribution in [0.15, 0.2) is 34.8 Å². The first kappa shape index (κ1) is 14.1. The van der Waals surface area contributed by atoms with Crippen LogP contribution in [-0.2, 0) is 0 Å². The molecule has 0 spiro atoms. The summed E-state index contributed by atoms with van der Waals surface area (Å²) in [6.45, 7) is 2.68. The molecule has 0 saturated carbocycles. The first-order chi connectivity index (χ1) is 10.0. The number of fused-ring (bicyclic) bond motifs is 1. The molecule has 1 aliphatic heterocycles. The van der Waals surface area contributed by atoms with Crippen LogP contribution in [-0.4, -0.2) is 19.0 Å². The topological polar surface area (TPSA) is 35.5 Å². The number of benzene rings is 2. The lowest BCUT2D eigenvalue weighted by atomic mass is 10.0. The minimum Gasteiger partial charge on any atom is -0.486 e. The van der Waals surface area contributed by atoms with Crippen molar-refractivity contribution in [3.8, 4) is 11.5 Å². The molecule has 0 fully saturated rings. The minimum atomic E-state index is -0.424. The lowest BCUT2D eigenvalue weighted by Crippen LogP contribution is -2.16. The zero-order chi connectivity index (χ0) is 15.0. The lowest BCUT2D eigenvalue weighted by molar-refractivity contribution is 0.103. The average Bonchev–Trinajstić information content (AvgIpc) is 2.44. The lowest BCUT2D eigenvalue weighted by Gasteiger charge is -2.19. The number of carbonyl (C=O) groups is 1. The Bertz CT molecular complexity index is 707. The maximum absolute atomic E-state index is 13.5. The number of halogens is 2. The van der Waals surface area contributed by atoms with Gasteiger partial charge in [0.05, 0.1) is 0 Å². The van der Waals surface area contributed by atoms with Gasteiger partial charge in [-0.1, -0.05) is 0 Å². The second kappa shape index (κ2) is 5.48. The third-order valence-electron chi connectivity index (χ3n) is 3.18. The van der Waals surface area contributed by atoms with E-state index in [2.05, 4.69) is 15.9 Å². The van der Waals surface area contributed by atoms with Crippen molar-refractivity contribution < 1.29 is 18.7 Å². The van der Waals surface area contributed by atoms with Crippen molar-refractivity contribution in [1.29, 1.82) is 0 Å². The molecule has 0 atom stereocenters. The van der Waals surface area contributed by atoms with E-state index in [1.54, 1.807) is 25.1 Å². The van der Waals surface area contributed by atoms with Crippen LogP contribution in [0.2, 0.25) is 0 Å². The monoisotopic (exact) mass is 350 g/mol. The van der Waals surface area contributed by atoms with Crippen molar-refractivity contribution in [2.45, 2.75) is 6.92 Å². The molecular formula is C16H12BrFO3. The molecule has 108 valence electrons. The molecule has 0 N–H and O–H groups in total.